The second-order valence-corrected chi connectivity index (χ2v) is 6.10. The normalized spacial score (nSPS) is 19.4. The molecule has 4 rings (SSSR count). The van der Waals surface area contributed by atoms with Crippen molar-refractivity contribution in [2.45, 2.75) is 12.1 Å². The number of hydrogen-bond donors (Lipinski definition) is 2. The number of rotatable bonds is 4. The van der Waals surface area contributed by atoms with Crippen LogP contribution in [0.1, 0.15) is 16.4 Å². The summed E-state index contributed by atoms with van der Waals surface area (Å²) in [6.45, 7) is 0.996. The third-order valence-electron chi connectivity index (χ3n) is 4.29. The van der Waals surface area contributed by atoms with Gasteiger partial charge in [-0.3, -0.25) is 14.5 Å². The summed E-state index contributed by atoms with van der Waals surface area (Å²) < 4.78 is 7.03. The summed E-state index contributed by atoms with van der Waals surface area (Å²) in [6, 6.07) is 7.31. The fourth-order valence-electron chi connectivity index (χ4n) is 2.87. The van der Waals surface area contributed by atoms with E-state index in [-0.39, 0.29) is 18.0 Å². The van der Waals surface area contributed by atoms with Gasteiger partial charge in [0.15, 0.2) is 0 Å². The van der Waals surface area contributed by atoms with Gasteiger partial charge in [-0.05, 0) is 23.8 Å². The lowest BCUT2D eigenvalue weighted by Crippen LogP contribution is -2.31. The number of ether oxygens (including phenoxy) is 1. The van der Waals surface area contributed by atoms with Gasteiger partial charge in [-0.1, -0.05) is 6.07 Å². The quantitative estimate of drug-likeness (QED) is 0.738. The molecule has 132 valence electrons. The van der Waals surface area contributed by atoms with Gasteiger partial charge in [-0.15, -0.1) is 0 Å². The summed E-state index contributed by atoms with van der Waals surface area (Å²) >= 11 is 0. The predicted octanol–water partition coefficient (Wildman–Crippen LogP) is 1.49. The fraction of sp³-hybridized carbons (Fsp3) is 0.222. The summed E-state index contributed by atoms with van der Waals surface area (Å²) in [6.07, 6.45) is 8.32. The van der Waals surface area contributed by atoms with E-state index in [1.54, 1.807) is 35.5 Å². The van der Waals surface area contributed by atoms with Crippen molar-refractivity contribution < 1.29 is 9.53 Å². The van der Waals surface area contributed by atoms with Crippen molar-refractivity contribution in [2.24, 2.45) is 5.73 Å². The lowest BCUT2D eigenvalue weighted by atomic mass is 10.1. The Morgan fingerprint density at radius 3 is 2.92 bits per heavy atom. The van der Waals surface area contributed by atoms with E-state index in [0.29, 0.717) is 24.6 Å². The third-order valence-corrected chi connectivity index (χ3v) is 4.29. The zero-order valence-electron chi connectivity index (χ0n) is 13.9. The van der Waals surface area contributed by atoms with Crippen LogP contribution in [-0.2, 0) is 4.74 Å². The van der Waals surface area contributed by atoms with Crippen LogP contribution >= 0.6 is 0 Å². The van der Waals surface area contributed by atoms with Crippen LogP contribution in [0.25, 0.3) is 11.1 Å². The van der Waals surface area contributed by atoms with E-state index in [1.807, 2.05) is 18.2 Å². The van der Waals surface area contributed by atoms with Crippen molar-refractivity contribution in [1.82, 2.24) is 19.7 Å². The summed E-state index contributed by atoms with van der Waals surface area (Å²) in [7, 11) is 0. The molecule has 8 heteroatoms. The molecule has 1 aliphatic rings. The first kappa shape index (κ1) is 16.4. The highest BCUT2D eigenvalue weighted by Gasteiger charge is 2.27. The topological polar surface area (TPSA) is 108 Å². The summed E-state index contributed by atoms with van der Waals surface area (Å²) in [4.78, 5) is 20.8. The molecule has 0 aromatic carbocycles. The van der Waals surface area contributed by atoms with E-state index >= 15 is 0 Å². The van der Waals surface area contributed by atoms with Gasteiger partial charge in [-0.25, -0.2) is 4.98 Å². The highest BCUT2D eigenvalue weighted by molar-refractivity contribution is 6.03. The van der Waals surface area contributed by atoms with Crippen LogP contribution in [0.5, 0.6) is 0 Å². The van der Waals surface area contributed by atoms with Gasteiger partial charge in [0.1, 0.15) is 5.82 Å². The molecule has 1 amide bonds. The molecule has 0 radical (unpaired) electrons. The molecule has 3 N–H and O–H groups in total. The molecule has 4 heterocycles. The molecule has 0 bridgehead atoms. The van der Waals surface area contributed by atoms with E-state index < -0.39 is 0 Å². The Balaban J connectivity index is 1.49. The minimum Gasteiger partial charge on any atom is -0.377 e. The average molecular weight is 350 g/mol. The zero-order valence-corrected chi connectivity index (χ0v) is 13.9. The maximum Gasteiger partial charge on any atom is 0.260 e. The molecule has 0 saturated carbocycles. The molecule has 26 heavy (non-hydrogen) atoms. The van der Waals surface area contributed by atoms with Crippen molar-refractivity contribution in [3.8, 4) is 11.1 Å². The van der Waals surface area contributed by atoms with E-state index in [4.69, 9.17) is 10.5 Å². The van der Waals surface area contributed by atoms with Crippen LogP contribution in [-0.4, -0.2) is 44.9 Å². The number of nitrogens with one attached hydrogen (secondary N) is 1. The summed E-state index contributed by atoms with van der Waals surface area (Å²) in [5.74, 6) is 0.185. The number of hydrogen-bond acceptors (Lipinski definition) is 6. The summed E-state index contributed by atoms with van der Waals surface area (Å²) in [5, 5.41) is 7.04. The number of nitrogens with zero attached hydrogens (tertiary/aromatic N) is 4. The number of nitrogens with two attached hydrogens (primary N) is 1. The molecule has 0 aliphatic carbocycles. The Morgan fingerprint density at radius 1 is 1.23 bits per heavy atom. The fourth-order valence-corrected chi connectivity index (χ4v) is 2.87. The van der Waals surface area contributed by atoms with Crippen molar-refractivity contribution in [1.29, 1.82) is 0 Å². The van der Waals surface area contributed by atoms with Crippen LogP contribution in [0.4, 0.5) is 5.82 Å². The minimum atomic E-state index is -0.278. The second-order valence-electron chi connectivity index (χ2n) is 6.10. The standard InChI is InChI=1S/C18H18N6O2/c19-15-10-26-11-16(15)24-9-14(8-22-24)18(25)23-17-6-12(3-5-21-17)13-2-1-4-20-7-13/h1-9,15-16H,10-11,19H2,(H,21,23,25)/t15-,16+/m0/s1. The van der Waals surface area contributed by atoms with Gasteiger partial charge >= 0.3 is 0 Å². The highest BCUT2D eigenvalue weighted by Crippen LogP contribution is 2.21. The van der Waals surface area contributed by atoms with Crippen molar-refractivity contribution in [2.75, 3.05) is 18.5 Å². The Kier molecular flexibility index (Phi) is 4.42. The average Bonchev–Trinajstić information content (AvgIpc) is 3.31. The molecule has 2 atom stereocenters. The maximum atomic E-state index is 12.5. The molecule has 1 fully saturated rings. The van der Waals surface area contributed by atoms with Gasteiger partial charge in [0, 0.05) is 30.4 Å². The van der Waals surface area contributed by atoms with Crippen LogP contribution in [0.15, 0.2) is 55.2 Å². The van der Waals surface area contributed by atoms with Gasteiger partial charge in [0.25, 0.3) is 5.91 Å². The lowest BCUT2D eigenvalue weighted by Gasteiger charge is -2.12. The molecule has 1 aliphatic heterocycles. The molecule has 3 aromatic heterocycles. The number of pyridine rings is 2. The van der Waals surface area contributed by atoms with Crippen molar-refractivity contribution in [3.05, 3.63) is 60.8 Å². The van der Waals surface area contributed by atoms with Gasteiger partial charge in [0.05, 0.1) is 37.1 Å². The lowest BCUT2D eigenvalue weighted by molar-refractivity contribution is 0.102. The van der Waals surface area contributed by atoms with Gasteiger partial charge in [-0.2, -0.15) is 5.10 Å². The van der Waals surface area contributed by atoms with Crippen LogP contribution in [0.3, 0.4) is 0 Å². The maximum absolute atomic E-state index is 12.5. The van der Waals surface area contributed by atoms with Crippen LogP contribution in [0, 0.1) is 0 Å². The molecule has 3 aromatic rings. The first-order chi connectivity index (χ1) is 12.7. The first-order valence-electron chi connectivity index (χ1n) is 8.26. The number of carbonyl (C=O) groups excluding carboxylic acids is 1. The number of anilines is 1. The molecule has 0 spiro atoms. The predicted molar refractivity (Wildman–Crippen MR) is 95.5 cm³/mol. The Hall–Kier alpha value is -3.10. The second kappa shape index (κ2) is 7.03. The third kappa shape index (κ3) is 3.32. The number of aromatic nitrogens is 4. The monoisotopic (exact) mass is 350 g/mol. The molecule has 1 saturated heterocycles. The first-order valence-corrected chi connectivity index (χ1v) is 8.26. The Labute approximate surface area is 150 Å². The van der Waals surface area contributed by atoms with E-state index in [1.165, 1.54) is 6.20 Å². The minimum absolute atomic E-state index is 0.0522. The summed E-state index contributed by atoms with van der Waals surface area (Å²) in [5.41, 5.74) is 8.31. The number of amides is 1. The van der Waals surface area contributed by atoms with E-state index in [2.05, 4.69) is 20.4 Å². The van der Waals surface area contributed by atoms with E-state index in [9.17, 15) is 4.79 Å². The number of carbonyl (C=O) groups is 1. The van der Waals surface area contributed by atoms with E-state index in [0.717, 1.165) is 11.1 Å². The zero-order chi connectivity index (χ0) is 17.9. The smallest absolute Gasteiger partial charge is 0.260 e. The largest absolute Gasteiger partial charge is 0.377 e. The van der Waals surface area contributed by atoms with Gasteiger partial charge < -0.3 is 15.8 Å². The Morgan fingerprint density at radius 2 is 2.15 bits per heavy atom. The van der Waals surface area contributed by atoms with Crippen molar-refractivity contribution in [3.63, 3.8) is 0 Å². The van der Waals surface area contributed by atoms with Gasteiger partial charge in [0.2, 0.25) is 0 Å². The highest BCUT2D eigenvalue weighted by atomic mass is 16.5. The Bertz CT molecular complexity index is 911. The van der Waals surface area contributed by atoms with Crippen LogP contribution in [0.2, 0.25) is 0 Å². The van der Waals surface area contributed by atoms with Crippen LogP contribution < -0.4 is 11.1 Å². The molecule has 0 unspecified atom stereocenters. The molecular formula is C18H18N6O2. The molecule has 8 nitrogen and oxygen atoms in total. The SMILES string of the molecule is N[C@H]1COC[C@H]1n1cc(C(=O)Nc2cc(-c3cccnc3)ccn2)cn1. The molecular weight excluding hydrogens is 332 g/mol. The van der Waals surface area contributed by atoms with Crippen molar-refractivity contribution >= 4 is 11.7 Å².